The number of benzene rings is 1. The number of nitrogens with zero attached hydrogens (tertiary/aromatic N) is 2. The third-order valence-corrected chi connectivity index (χ3v) is 7.02. The molecule has 0 unspecified atom stereocenters. The number of amides is 2. The van der Waals surface area contributed by atoms with Gasteiger partial charge in [-0.2, -0.15) is 0 Å². The Morgan fingerprint density at radius 2 is 2.18 bits per heavy atom. The first-order chi connectivity index (χ1) is 13.6. The average molecular weight is 417 g/mol. The predicted molar refractivity (Wildman–Crippen MR) is 114 cm³/mol. The molecular weight excluding hydrogens is 392 g/mol. The zero-order valence-corrected chi connectivity index (χ0v) is 17.5. The molecule has 0 spiro atoms. The maximum absolute atomic E-state index is 12.6. The first-order valence-corrected chi connectivity index (χ1v) is 11.5. The van der Waals surface area contributed by atoms with Gasteiger partial charge >= 0.3 is 0 Å². The second-order valence-electron chi connectivity index (χ2n) is 7.41. The van der Waals surface area contributed by atoms with Crippen LogP contribution in [0.15, 0.2) is 28.5 Å². The standard InChI is InChI=1S/C20H24N4O2S2/c1-13-4-7-24(8-5-13)11-15-12-28-20(21-15)23-19(26)14-2-3-17-16(10-14)22-18(25)6-9-27-17/h2-3,10,12-13H,4-9,11H2,1H3,(H,22,25)(H,21,23,26). The van der Waals surface area contributed by atoms with Gasteiger partial charge in [-0.25, -0.2) is 4.98 Å². The zero-order chi connectivity index (χ0) is 19.5. The van der Waals surface area contributed by atoms with Crippen molar-refractivity contribution in [3.8, 4) is 0 Å². The van der Waals surface area contributed by atoms with E-state index >= 15 is 0 Å². The molecule has 2 aliphatic rings. The Balaban J connectivity index is 1.39. The molecule has 0 atom stereocenters. The lowest BCUT2D eigenvalue weighted by atomic mass is 9.99. The number of rotatable bonds is 4. The lowest BCUT2D eigenvalue weighted by Crippen LogP contribution is -2.32. The summed E-state index contributed by atoms with van der Waals surface area (Å²) in [4.78, 5) is 32.4. The summed E-state index contributed by atoms with van der Waals surface area (Å²) in [6.45, 7) is 5.36. The number of fused-ring (bicyclic) bond motifs is 1. The van der Waals surface area contributed by atoms with Gasteiger partial charge in [0.25, 0.3) is 5.91 Å². The Hall–Kier alpha value is -1.90. The fraction of sp³-hybridized carbons (Fsp3) is 0.450. The van der Waals surface area contributed by atoms with E-state index in [1.54, 1.807) is 23.9 Å². The minimum Gasteiger partial charge on any atom is -0.325 e. The van der Waals surface area contributed by atoms with Crippen molar-refractivity contribution < 1.29 is 9.59 Å². The van der Waals surface area contributed by atoms with Crippen LogP contribution in [0.3, 0.4) is 0 Å². The van der Waals surface area contributed by atoms with Crippen molar-refractivity contribution in [2.24, 2.45) is 5.92 Å². The number of aromatic nitrogens is 1. The van der Waals surface area contributed by atoms with Crippen LogP contribution < -0.4 is 10.6 Å². The van der Waals surface area contributed by atoms with Gasteiger partial charge in [-0.3, -0.25) is 19.8 Å². The van der Waals surface area contributed by atoms with E-state index in [0.29, 0.717) is 22.8 Å². The molecule has 2 aliphatic heterocycles. The van der Waals surface area contributed by atoms with Gasteiger partial charge in [-0.15, -0.1) is 23.1 Å². The van der Waals surface area contributed by atoms with E-state index in [1.165, 1.54) is 24.2 Å². The van der Waals surface area contributed by atoms with Gasteiger partial charge in [-0.05, 0) is 50.0 Å². The van der Waals surface area contributed by atoms with Crippen molar-refractivity contribution in [1.82, 2.24) is 9.88 Å². The third-order valence-electron chi connectivity index (χ3n) is 5.14. The molecule has 28 heavy (non-hydrogen) atoms. The number of piperidine rings is 1. The molecule has 0 radical (unpaired) electrons. The van der Waals surface area contributed by atoms with Crippen LogP contribution in [-0.4, -0.2) is 40.5 Å². The van der Waals surface area contributed by atoms with Gasteiger partial charge in [-0.1, -0.05) is 6.92 Å². The molecule has 8 heteroatoms. The topological polar surface area (TPSA) is 74.3 Å². The Morgan fingerprint density at radius 3 is 3.00 bits per heavy atom. The number of thiazole rings is 1. The quantitative estimate of drug-likeness (QED) is 0.786. The summed E-state index contributed by atoms with van der Waals surface area (Å²) in [5.74, 6) is 1.34. The number of thioether (sulfide) groups is 1. The molecule has 0 aliphatic carbocycles. The summed E-state index contributed by atoms with van der Waals surface area (Å²) < 4.78 is 0. The van der Waals surface area contributed by atoms with Crippen molar-refractivity contribution in [2.45, 2.75) is 37.6 Å². The predicted octanol–water partition coefficient (Wildman–Crippen LogP) is 4.06. The Morgan fingerprint density at radius 1 is 1.36 bits per heavy atom. The largest absolute Gasteiger partial charge is 0.325 e. The van der Waals surface area contributed by atoms with Gasteiger partial charge in [0.15, 0.2) is 5.13 Å². The van der Waals surface area contributed by atoms with Gasteiger partial charge in [0.2, 0.25) is 5.91 Å². The second-order valence-corrected chi connectivity index (χ2v) is 9.41. The molecule has 4 rings (SSSR count). The summed E-state index contributed by atoms with van der Waals surface area (Å²) in [6, 6.07) is 5.43. The summed E-state index contributed by atoms with van der Waals surface area (Å²) >= 11 is 3.08. The fourth-order valence-electron chi connectivity index (χ4n) is 3.42. The highest BCUT2D eigenvalue weighted by Gasteiger charge is 2.18. The molecular formula is C20H24N4O2S2. The van der Waals surface area contributed by atoms with E-state index in [0.717, 1.165) is 41.9 Å². The van der Waals surface area contributed by atoms with Gasteiger partial charge < -0.3 is 5.32 Å². The lowest BCUT2D eigenvalue weighted by Gasteiger charge is -2.29. The molecule has 148 valence electrons. The van der Waals surface area contributed by atoms with Gasteiger partial charge in [0.05, 0.1) is 11.4 Å². The maximum Gasteiger partial charge on any atom is 0.257 e. The van der Waals surface area contributed by atoms with E-state index in [9.17, 15) is 9.59 Å². The number of hydrogen-bond donors (Lipinski definition) is 2. The molecule has 1 aromatic heterocycles. The molecule has 0 saturated carbocycles. The zero-order valence-electron chi connectivity index (χ0n) is 15.9. The molecule has 1 fully saturated rings. The lowest BCUT2D eigenvalue weighted by molar-refractivity contribution is -0.115. The van der Waals surface area contributed by atoms with Crippen molar-refractivity contribution in [3.63, 3.8) is 0 Å². The molecule has 0 bridgehead atoms. The van der Waals surface area contributed by atoms with E-state index in [1.807, 2.05) is 11.4 Å². The third kappa shape index (κ3) is 4.74. The van der Waals surface area contributed by atoms with Crippen LogP contribution >= 0.6 is 23.1 Å². The Labute approximate surface area is 173 Å². The fourth-order valence-corrected chi connectivity index (χ4v) is 5.05. The van der Waals surface area contributed by atoms with Crippen molar-refractivity contribution in [2.75, 3.05) is 29.5 Å². The highest BCUT2D eigenvalue weighted by Crippen LogP contribution is 2.31. The number of likely N-dealkylation sites (tertiary alicyclic amines) is 1. The molecule has 2 amide bonds. The van der Waals surface area contributed by atoms with Crippen molar-refractivity contribution >= 4 is 45.7 Å². The molecule has 2 N–H and O–H groups in total. The van der Waals surface area contributed by atoms with E-state index in [-0.39, 0.29) is 11.8 Å². The van der Waals surface area contributed by atoms with Crippen LogP contribution in [0.4, 0.5) is 10.8 Å². The molecule has 6 nitrogen and oxygen atoms in total. The van der Waals surface area contributed by atoms with Crippen molar-refractivity contribution in [3.05, 3.63) is 34.8 Å². The second kappa shape index (κ2) is 8.63. The Kier molecular flexibility index (Phi) is 5.99. The number of anilines is 2. The number of carbonyl (C=O) groups is 2. The average Bonchev–Trinajstić information content (AvgIpc) is 3.02. The summed E-state index contributed by atoms with van der Waals surface area (Å²) in [5, 5.41) is 8.39. The van der Waals surface area contributed by atoms with Crippen LogP contribution in [0, 0.1) is 5.92 Å². The molecule has 1 saturated heterocycles. The first-order valence-electron chi connectivity index (χ1n) is 9.61. The number of hydrogen-bond acceptors (Lipinski definition) is 6. The maximum atomic E-state index is 12.6. The summed E-state index contributed by atoms with van der Waals surface area (Å²) in [7, 11) is 0. The smallest absolute Gasteiger partial charge is 0.257 e. The first kappa shape index (κ1) is 19.4. The minimum atomic E-state index is -0.209. The summed E-state index contributed by atoms with van der Waals surface area (Å²) in [5.41, 5.74) is 2.23. The van der Waals surface area contributed by atoms with Crippen LogP contribution in [-0.2, 0) is 11.3 Å². The highest BCUT2D eigenvalue weighted by atomic mass is 32.2. The monoisotopic (exact) mass is 416 g/mol. The molecule has 1 aromatic carbocycles. The van der Waals surface area contributed by atoms with Gasteiger partial charge in [0, 0.05) is 34.6 Å². The molecule has 3 heterocycles. The highest BCUT2D eigenvalue weighted by molar-refractivity contribution is 7.99. The van der Waals surface area contributed by atoms with E-state index in [4.69, 9.17) is 0 Å². The van der Waals surface area contributed by atoms with Crippen LogP contribution in [0.1, 0.15) is 42.2 Å². The van der Waals surface area contributed by atoms with Crippen LogP contribution in [0.5, 0.6) is 0 Å². The molecule has 2 aromatic rings. The van der Waals surface area contributed by atoms with Crippen LogP contribution in [0.2, 0.25) is 0 Å². The van der Waals surface area contributed by atoms with Gasteiger partial charge in [0.1, 0.15) is 0 Å². The number of carbonyl (C=O) groups excluding carboxylic acids is 2. The Bertz CT molecular complexity index is 875. The minimum absolute atomic E-state index is 0.0134. The SMILES string of the molecule is CC1CCN(Cc2csc(NC(=O)c3ccc4c(c3)NC(=O)CCS4)n2)CC1. The van der Waals surface area contributed by atoms with E-state index in [2.05, 4.69) is 27.4 Å². The number of nitrogens with one attached hydrogen (secondary N) is 2. The summed E-state index contributed by atoms with van der Waals surface area (Å²) in [6.07, 6.45) is 2.96. The van der Waals surface area contributed by atoms with Crippen LogP contribution in [0.25, 0.3) is 0 Å². The van der Waals surface area contributed by atoms with E-state index < -0.39 is 0 Å². The van der Waals surface area contributed by atoms with Crippen molar-refractivity contribution in [1.29, 1.82) is 0 Å². The normalized spacial score (nSPS) is 18.2.